The van der Waals surface area contributed by atoms with E-state index in [2.05, 4.69) is 4.98 Å². The average Bonchev–Trinajstić information content (AvgIpc) is 2.72. The Kier molecular flexibility index (Phi) is 3.76. The summed E-state index contributed by atoms with van der Waals surface area (Å²) < 4.78 is 12.4. The summed E-state index contributed by atoms with van der Waals surface area (Å²) in [6, 6.07) is 5.60. The number of aryl methyl sites for hydroxylation is 1. The molecule has 2 aromatic rings. The van der Waals surface area contributed by atoms with Crippen LogP contribution in [0.25, 0.3) is 11.4 Å². The van der Waals surface area contributed by atoms with Crippen LogP contribution in [0, 0.1) is 6.92 Å². The van der Waals surface area contributed by atoms with Gasteiger partial charge in [0.1, 0.15) is 17.3 Å². The van der Waals surface area contributed by atoms with E-state index in [4.69, 9.17) is 9.47 Å². The molecule has 19 heavy (non-hydrogen) atoms. The fourth-order valence-corrected chi connectivity index (χ4v) is 2.08. The van der Waals surface area contributed by atoms with Gasteiger partial charge in [-0.05, 0) is 19.1 Å². The van der Waals surface area contributed by atoms with Crippen molar-refractivity contribution in [2.45, 2.75) is 13.5 Å². The lowest BCUT2D eigenvalue weighted by molar-refractivity contribution is 0.272. The molecule has 1 aromatic heterocycles. The van der Waals surface area contributed by atoms with Gasteiger partial charge in [0.15, 0.2) is 0 Å². The van der Waals surface area contributed by atoms with E-state index >= 15 is 0 Å². The molecular formula is C14H18N2O3. The van der Waals surface area contributed by atoms with Gasteiger partial charge in [-0.3, -0.25) is 0 Å². The second-order valence-corrected chi connectivity index (χ2v) is 4.29. The fraction of sp³-hybridized carbons (Fsp3) is 0.357. The van der Waals surface area contributed by atoms with Gasteiger partial charge in [-0.15, -0.1) is 0 Å². The van der Waals surface area contributed by atoms with Crippen molar-refractivity contribution < 1.29 is 14.6 Å². The van der Waals surface area contributed by atoms with E-state index < -0.39 is 0 Å². The van der Waals surface area contributed by atoms with Gasteiger partial charge in [0.2, 0.25) is 0 Å². The Hall–Kier alpha value is -2.01. The Labute approximate surface area is 112 Å². The molecule has 0 saturated heterocycles. The molecule has 5 nitrogen and oxygen atoms in total. The Balaban J connectivity index is 2.58. The molecule has 0 bridgehead atoms. The van der Waals surface area contributed by atoms with E-state index in [1.807, 2.05) is 36.7 Å². The highest BCUT2D eigenvalue weighted by molar-refractivity contribution is 5.62. The molecule has 0 amide bonds. The SMILES string of the molecule is COc1cc(OC)cc(-c2nc(C)c(CO)n2C)c1. The zero-order valence-electron chi connectivity index (χ0n) is 11.6. The number of hydrogen-bond acceptors (Lipinski definition) is 4. The normalized spacial score (nSPS) is 10.6. The van der Waals surface area contributed by atoms with E-state index in [-0.39, 0.29) is 6.61 Å². The number of ether oxygens (including phenoxy) is 2. The molecular weight excluding hydrogens is 244 g/mol. The van der Waals surface area contributed by atoms with Crippen molar-refractivity contribution in [1.82, 2.24) is 9.55 Å². The maximum atomic E-state index is 9.35. The molecule has 0 fully saturated rings. The summed E-state index contributed by atoms with van der Waals surface area (Å²) in [7, 11) is 5.11. The van der Waals surface area contributed by atoms with Crippen LogP contribution in [-0.2, 0) is 13.7 Å². The first-order valence-corrected chi connectivity index (χ1v) is 5.97. The lowest BCUT2D eigenvalue weighted by atomic mass is 10.2. The number of aromatic nitrogens is 2. The van der Waals surface area contributed by atoms with Crippen molar-refractivity contribution in [3.05, 3.63) is 29.6 Å². The Morgan fingerprint density at radius 3 is 2.16 bits per heavy atom. The average molecular weight is 262 g/mol. The van der Waals surface area contributed by atoms with Crippen molar-refractivity contribution in [3.63, 3.8) is 0 Å². The van der Waals surface area contributed by atoms with Gasteiger partial charge in [-0.1, -0.05) is 0 Å². The second kappa shape index (κ2) is 5.32. The van der Waals surface area contributed by atoms with E-state index in [1.54, 1.807) is 14.2 Å². The van der Waals surface area contributed by atoms with E-state index in [0.29, 0.717) is 11.5 Å². The molecule has 1 aromatic carbocycles. The van der Waals surface area contributed by atoms with Crippen molar-refractivity contribution in [2.24, 2.45) is 7.05 Å². The number of rotatable bonds is 4. The number of aliphatic hydroxyl groups excluding tert-OH is 1. The lowest BCUT2D eigenvalue weighted by Gasteiger charge is -2.09. The minimum Gasteiger partial charge on any atom is -0.497 e. The van der Waals surface area contributed by atoms with Gasteiger partial charge in [0.05, 0.1) is 32.2 Å². The summed E-state index contributed by atoms with van der Waals surface area (Å²) in [5.41, 5.74) is 2.51. The molecule has 0 aliphatic heterocycles. The van der Waals surface area contributed by atoms with Gasteiger partial charge in [0, 0.05) is 18.7 Å². The first-order chi connectivity index (χ1) is 9.10. The molecule has 0 unspecified atom stereocenters. The zero-order chi connectivity index (χ0) is 14.0. The van der Waals surface area contributed by atoms with Crippen molar-refractivity contribution in [2.75, 3.05) is 14.2 Å². The highest BCUT2D eigenvalue weighted by Crippen LogP contribution is 2.30. The van der Waals surface area contributed by atoms with Crippen LogP contribution in [-0.4, -0.2) is 28.9 Å². The molecule has 0 saturated carbocycles. The molecule has 0 aliphatic carbocycles. The standard InChI is InChI=1S/C14H18N2O3/c1-9-13(8-17)16(2)14(15-9)10-5-11(18-3)7-12(6-10)19-4/h5-7,17H,8H2,1-4H3. The minimum absolute atomic E-state index is 0.0313. The molecule has 0 spiro atoms. The van der Waals surface area contributed by atoms with Gasteiger partial charge in [-0.2, -0.15) is 0 Å². The molecule has 102 valence electrons. The van der Waals surface area contributed by atoms with Crippen molar-refractivity contribution in [1.29, 1.82) is 0 Å². The molecule has 1 heterocycles. The number of benzene rings is 1. The number of aliphatic hydroxyl groups is 1. The van der Waals surface area contributed by atoms with Gasteiger partial charge < -0.3 is 19.1 Å². The molecule has 5 heteroatoms. The summed E-state index contributed by atoms with van der Waals surface area (Å²) in [4.78, 5) is 4.49. The van der Waals surface area contributed by atoms with E-state index in [0.717, 1.165) is 22.8 Å². The zero-order valence-corrected chi connectivity index (χ0v) is 11.6. The number of nitrogens with zero attached hydrogens (tertiary/aromatic N) is 2. The Bertz CT molecular complexity index is 568. The van der Waals surface area contributed by atoms with Crippen LogP contribution in [0.15, 0.2) is 18.2 Å². The molecule has 0 atom stereocenters. The van der Waals surface area contributed by atoms with Crippen LogP contribution < -0.4 is 9.47 Å². The molecule has 0 aliphatic rings. The molecule has 0 radical (unpaired) electrons. The van der Waals surface area contributed by atoms with Gasteiger partial charge >= 0.3 is 0 Å². The largest absolute Gasteiger partial charge is 0.497 e. The Morgan fingerprint density at radius 2 is 1.74 bits per heavy atom. The summed E-state index contributed by atoms with van der Waals surface area (Å²) in [6.45, 7) is 1.85. The topological polar surface area (TPSA) is 56.5 Å². The quantitative estimate of drug-likeness (QED) is 0.914. The smallest absolute Gasteiger partial charge is 0.140 e. The summed E-state index contributed by atoms with van der Waals surface area (Å²) in [5.74, 6) is 2.19. The van der Waals surface area contributed by atoms with E-state index in [9.17, 15) is 5.11 Å². The first kappa shape index (κ1) is 13.4. The fourth-order valence-electron chi connectivity index (χ4n) is 2.08. The number of imidazole rings is 1. The summed E-state index contributed by atoms with van der Waals surface area (Å²) in [6.07, 6.45) is 0. The van der Waals surface area contributed by atoms with Crippen molar-refractivity contribution >= 4 is 0 Å². The van der Waals surface area contributed by atoms with Gasteiger partial charge in [-0.25, -0.2) is 4.98 Å². The maximum absolute atomic E-state index is 9.35. The maximum Gasteiger partial charge on any atom is 0.140 e. The molecule has 2 rings (SSSR count). The van der Waals surface area contributed by atoms with Crippen LogP contribution in [0.2, 0.25) is 0 Å². The van der Waals surface area contributed by atoms with Crippen molar-refractivity contribution in [3.8, 4) is 22.9 Å². The van der Waals surface area contributed by atoms with Crippen LogP contribution in [0.5, 0.6) is 11.5 Å². The van der Waals surface area contributed by atoms with Crippen LogP contribution >= 0.6 is 0 Å². The second-order valence-electron chi connectivity index (χ2n) is 4.29. The predicted molar refractivity (Wildman–Crippen MR) is 72.4 cm³/mol. The van der Waals surface area contributed by atoms with Crippen LogP contribution in [0.1, 0.15) is 11.4 Å². The third-order valence-corrected chi connectivity index (χ3v) is 3.17. The van der Waals surface area contributed by atoms with E-state index in [1.165, 1.54) is 0 Å². The highest BCUT2D eigenvalue weighted by Gasteiger charge is 2.14. The summed E-state index contributed by atoms with van der Waals surface area (Å²) >= 11 is 0. The van der Waals surface area contributed by atoms with Gasteiger partial charge in [0.25, 0.3) is 0 Å². The highest BCUT2D eigenvalue weighted by atomic mass is 16.5. The van der Waals surface area contributed by atoms with Crippen LogP contribution in [0.3, 0.4) is 0 Å². The minimum atomic E-state index is -0.0313. The monoisotopic (exact) mass is 262 g/mol. The third-order valence-electron chi connectivity index (χ3n) is 3.17. The third kappa shape index (κ3) is 2.42. The molecule has 1 N–H and O–H groups in total. The predicted octanol–water partition coefficient (Wildman–Crippen LogP) is 1.91. The number of methoxy groups -OCH3 is 2. The van der Waals surface area contributed by atoms with Crippen LogP contribution in [0.4, 0.5) is 0 Å². The first-order valence-electron chi connectivity index (χ1n) is 5.97. The lowest BCUT2D eigenvalue weighted by Crippen LogP contribution is -1.99. The summed E-state index contributed by atoms with van der Waals surface area (Å²) in [5, 5.41) is 9.35. The Morgan fingerprint density at radius 1 is 1.16 bits per heavy atom. The number of hydrogen-bond donors (Lipinski definition) is 1.